The smallest absolute Gasteiger partial charge is 0.0406 e. The number of fused-ring (bicyclic) bond motifs is 3. The third-order valence-corrected chi connectivity index (χ3v) is 7.82. The van der Waals surface area contributed by atoms with Gasteiger partial charge >= 0.3 is 0 Å². The van der Waals surface area contributed by atoms with E-state index in [2.05, 4.69) is 43.3 Å². The molecule has 1 aromatic rings. The van der Waals surface area contributed by atoms with Gasteiger partial charge in [-0.1, -0.05) is 42.8 Å². The summed E-state index contributed by atoms with van der Waals surface area (Å²) in [7, 11) is 0. The van der Waals surface area contributed by atoms with Gasteiger partial charge in [0.1, 0.15) is 0 Å². The molecule has 25 heavy (non-hydrogen) atoms. The summed E-state index contributed by atoms with van der Waals surface area (Å²) in [5.74, 6) is 5.73. The predicted octanol–water partition coefficient (Wildman–Crippen LogP) is 7.63. The number of halogens is 1. The molecule has 3 fully saturated rings. The summed E-state index contributed by atoms with van der Waals surface area (Å²) in [4.78, 5) is 0. The normalized spacial score (nSPS) is 38.3. The first-order valence-electron chi connectivity index (χ1n) is 10.7. The van der Waals surface area contributed by atoms with Gasteiger partial charge < -0.3 is 0 Å². The number of allylic oxidation sites excluding steroid dienone is 2. The topological polar surface area (TPSA) is 0 Å². The fraction of sp³-hybridized carbons (Fsp3) is 0.667. The molecule has 0 saturated heterocycles. The van der Waals surface area contributed by atoms with Crippen molar-refractivity contribution in [3.8, 4) is 0 Å². The maximum atomic E-state index is 6.08. The molecule has 1 heteroatoms. The van der Waals surface area contributed by atoms with Gasteiger partial charge in [-0.3, -0.25) is 0 Å². The van der Waals surface area contributed by atoms with Crippen LogP contribution in [0.15, 0.2) is 36.4 Å². The SMILES string of the molecule is CCC=CC1CCC2C(CCC3CC(c4ccc(Cl)cc4)CCC32)C1. The Balaban J connectivity index is 1.39. The Labute approximate surface area is 159 Å². The molecule has 0 N–H and O–H groups in total. The Kier molecular flexibility index (Phi) is 5.56. The van der Waals surface area contributed by atoms with Gasteiger partial charge in [-0.15, -0.1) is 0 Å². The first kappa shape index (κ1) is 17.7. The van der Waals surface area contributed by atoms with Gasteiger partial charge in [0.2, 0.25) is 0 Å². The van der Waals surface area contributed by atoms with Crippen LogP contribution in [0.5, 0.6) is 0 Å². The van der Waals surface area contributed by atoms with Gasteiger partial charge in [0, 0.05) is 5.02 Å². The highest BCUT2D eigenvalue weighted by molar-refractivity contribution is 6.30. The molecule has 3 saturated carbocycles. The summed E-state index contributed by atoms with van der Waals surface area (Å²) in [6, 6.07) is 8.68. The van der Waals surface area contributed by atoms with Crippen molar-refractivity contribution < 1.29 is 0 Å². The molecule has 1 aromatic carbocycles. The molecule has 6 unspecified atom stereocenters. The second kappa shape index (κ2) is 7.87. The van der Waals surface area contributed by atoms with Crippen molar-refractivity contribution in [3.05, 3.63) is 47.0 Å². The van der Waals surface area contributed by atoms with E-state index in [9.17, 15) is 0 Å². The highest BCUT2D eigenvalue weighted by atomic mass is 35.5. The Morgan fingerprint density at radius 2 is 1.56 bits per heavy atom. The van der Waals surface area contributed by atoms with Crippen molar-refractivity contribution >= 4 is 11.6 Å². The van der Waals surface area contributed by atoms with Gasteiger partial charge in [-0.25, -0.2) is 0 Å². The van der Waals surface area contributed by atoms with Crippen LogP contribution in [0.4, 0.5) is 0 Å². The fourth-order valence-electron chi connectivity index (χ4n) is 6.37. The summed E-state index contributed by atoms with van der Waals surface area (Å²) in [5, 5.41) is 0.867. The third-order valence-electron chi connectivity index (χ3n) is 7.57. The highest BCUT2D eigenvalue weighted by Gasteiger charge is 2.44. The van der Waals surface area contributed by atoms with Crippen LogP contribution in [0.25, 0.3) is 0 Å². The molecular formula is C24H33Cl. The number of hydrogen-bond donors (Lipinski definition) is 0. The van der Waals surface area contributed by atoms with Crippen LogP contribution < -0.4 is 0 Å². The average molecular weight is 357 g/mol. The molecule has 0 nitrogen and oxygen atoms in total. The standard InChI is InChI=1S/C24H33Cl/c1-2-3-4-17-5-13-23-20(15-17)6-7-21-16-19(10-14-24(21)23)18-8-11-22(25)12-9-18/h3-4,8-9,11-12,17,19-21,23-24H,2,5-7,10,13-16H2,1H3. The van der Waals surface area contributed by atoms with Crippen molar-refractivity contribution in [2.75, 3.05) is 0 Å². The van der Waals surface area contributed by atoms with E-state index in [1.54, 1.807) is 0 Å². The molecule has 4 rings (SSSR count). The molecule has 0 spiro atoms. The second-order valence-electron chi connectivity index (χ2n) is 8.90. The van der Waals surface area contributed by atoms with Crippen molar-refractivity contribution in [3.63, 3.8) is 0 Å². The van der Waals surface area contributed by atoms with E-state index in [1.807, 2.05) is 0 Å². The Hall–Kier alpha value is -0.750. The van der Waals surface area contributed by atoms with Gasteiger partial charge in [-0.05, 0) is 111 Å². The van der Waals surface area contributed by atoms with Gasteiger partial charge in [0.05, 0.1) is 0 Å². The highest BCUT2D eigenvalue weighted by Crippen LogP contribution is 2.54. The van der Waals surface area contributed by atoms with E-state index in [0.29, 0.717) is 0 Å². The molecular weight excluding hydrogens is 324 g/mol. The van der Waals surface area contributed by atoms with E-state index in [-0.39, 0.29) is 0 Å². The first-order valence-corrected chi connectivity index (χ1v) is 11.0. The molecule has 3 aliphatic carbocycles. The summed E-state index contributed by atoms with van der Waals surface area (Å²) < 4.78 is 0. The lowest BCUT2D eigenvalue weighted by atomic mass is 9.55. The van der Waals surface area contributed by atoms with Crippen molar-refractivity contribution in [1.29, 1.82) is 0 Å². The van der Waals surface area contributed by atoms with Crippen LogP contribution in [-0.4, -0.2) is 0 Å². The zero-order chi connectivity index (χ0) is 17.2. The minimum atomic E-state index is 0.777. The molecule has 0 radical (unpaired) electrons. The summed E-state index contributed by atoms with van der Waals surface area (Å²) in [5.41, 5.74) is 1.53. The van der Waals surface area contributed by atoms with Crippen molar-refractivity contribution in [2.45, 2.75) is 70.6 Å². The van der Waals surface area contributed by atoms with Crippen molar-refractivity contribution in [1.82, 2.24) is 0 Å². The van der Waals surface area contributed by atoms with Gasteiger partial charge in [-0.2, -0.15) is 0 Å². The molecule has 0 bridgehead atoms. The molecule has 3 aliphatic rings. The van der Waals surface area contributed by atoms with E-state index >= 15 is 0 Å². The summed E-state index contributed by atoms with van der Waals surface area (Å²) >= 11 is 6.08. The summed E-state index contributed by atoms with van der Waals surface area (Å²) in [6.07, 6.45) is 17.8. The maximum absolute atomic E-state index is 6.08. The molecule has 136 valence electrons. The Bertz CT molecular complexity index is 587. The lowest BCUT2D eigenvalue weighted by molar-refractivity contribution is 0.0127. The summed E-state index contributed by atoms with van der Waals surface area (Å²) in [6.45, 7) is 2.26. The number of hydrogen-bond acceptors (Lipinski definition) is 0. The van der Waals surface area contributed by atoms with E-state index in [4.69, 9.17) is 11.6 Å². The zero-order valence-corrected chi connectivity index (χ0v) is 16.4. The second-order valence-corrected chi connectivity index (χ2v) is 9.33. The first-order chi connectivity index (χ1) is 12.2. The van der Waals surface area contributed by atoms with E-state index in [0.717, 1.165) is 40.5 Å². The average Bonchev–Trinajstić information content (AvgIpc) is 2.66. The van der Waals surface area contributed by atoms with Crippen LogP contribution in [0.2, 0.25) is 5.02 Å². The van der Waals surface area contributed by atoms with Crippen LogP contribution in [0, 0.1) is 29.6 Å². The van der Waals surface area contributed by atoms with E-state index in [1.165, 1.54) is 63.4 Å². The van der Waals surface area contributed by atoms with Gasteiger partial charge in [0.15, 0.2) is 0 Å². The van der Waals surface area contributed by atoms with Crippen LogP contribution in [0.1, 0.15) is 76.2 Å². The monoisotopic (exact) mass is 356 g/mol. The largest absolute Gasteiger partial charge is 0.0885 e. The van der Waals surface area contributed by atoms with Crippen LogP contribution in [-0.2, 0) is 0 Å². The minimum absolute atomic E-state index is 0.777. The Morgan fingerprint density at radius 3 is 2.28 bits per heavy atom. The number of rotatable bonds is 3. The lowest BCUT2D eigenvalue weighted by Crippen LogP contribution is -2.41. The quantitative estimate of drug-likeness (QED) is 0.488. The molecule has 6 atom stereocenters. The molecule has 0 aliphatic heterocycles. The van der Waals surface area contributed by atoms with Crippen LogP contribution in [0.3, 0.4) is 0 Å². The third kappa shape index (κ3) is 3.85. The molecule has 0 amide bonds. The molecule has 0 aromatic heterocycles. The minimum Gasteiger partial charge on any atom is -0.0885 e. The Morgan fingerprint density at radius 1 is 0.880 bits per heavy atom. The van der Waals surface area contributed by atoms with Crippen LogP contribution >= 0.6 is 11.6 Å². The number of benzene rings is 1. The molecule has 0 heterocycles. The zero-order valence-electron chi connectivity index (χ0n) is 15.7. The van der Waals surface area contributed by atoms with E-state index < -0.39 is 0 Å². The lowest BCUT2D eigenvalue weighted by Gasteiger charge is -2.50. The van der Waals surface area contributed by atoms with Crippen molar-refractivity contribution in [2.24, 2.45) is 29.6 Å². The fourth-order valence-corrected chi connectivity index (χ4v) is 6.50. The maximum Gasteiger partial charge on any atom is 0.0406 e. The van der Waals surface area contributed by atoms with Gasteiger partial charge in [0.25, 0.3) is 0 Å². The predicted molar refractivity (Wildman–Crippen MR) is 108 cm³/mol.